The Balaban J connectivity index is 2.57. The predicted molar refractivity (Wildman–Crippen MR) is 76.9 cm³/mol. The first-order chi connectivity index (χ1) is 8.26. The maximum Gasteiger partial charge on any atom is -0.00548 e. The Morgan fingerprint density at radius 3 is 2.88 bits per heavy atom. The van der Waals surface area contributed by atoms with E-state index in [9.17, 15) is 0 Å². The fourth-order valence-corrected chi connectivity index (χ4v) is 2.46. The van der Waals surface area contributed by atoms with E-state index in [-0.39, 0.29) is 0 Å². The van der Waals surface area contributed by atoms with Crippen LogP contribution < -0.4 is 0 Å². The van der Waals surface area contributed by atoms with Crippen molar-refractivity contribution in [2.45, 2.75) is 33.6 Å². The molecule has 0 saturated heterocycles. The van der Waals surface area contributed by atoms with Crippen molar-refractivity contribution in [3.05, 3.63) is 58.7 Å². The highest BCUT2D eigenvalue weighted by molar-refractivity contribution is 5.73. The first-order valence-corrected chi connectivity index (χ1v) is 6.37. The minimum atomic E-state index is 1.07. The number of allylic oxidation sites excluding steroid dienone is 5. The van der Waals surface area contributed by atoms with Crippen LogP contribution in [0.25, 0.3) is 11.6 Å². The smallest absolute Gasteiger partial charge is 0.00548 e. The van der Waals surface area contributed by atoms with Crippen molar-refractivity contribution < 1.29 is 0 Å². The quantitative estimate of drug-likeness (QED) is 0.662. The van der Waals surface area contributed by atoms with E-state index < -0.39 is 0 Å². The summed E-state index contributed by atoms with van der Waals surface area (Å²) in [5, 5.41) is 0. The second kappa shape index (κ2) is 5.18. The third-order valence-corrected chi connectivity index (χ3v) is 3.40. The lowest BCUT2D eigenvalue weighted by Crippen LogP contribution is -1.97. The number of fused-ring (bicyclic) bond motifs is 1. The number of rotatable bonds is 2. The van der Waals surface area contributed by atoms with Crippen molar-refractivity contribution in [2.75, 3.05) is 0 Å². The Bertz CT molecular complexity index is 499. The van der Waals surface area contributed by atoms with Crippen molar-refractivity contribution in [3.63, 3.8) is 0 Å². The Labute approximate surface area is 104 Å². The Morgan fingerprint density at radius 1 is 1.35 bits per heavy atom. The maximum absolute atomic E-state index is 2.25. The van der Waals surface area contributed by atoms with Gasteiger partial charge in [0.1, 0.15) is 0 Å². The summed E-state index contributed by atoms with van der Waals surface area (Å²) in [6, 6.07) is 6.63. The van der Waals surface area contributed by atoms with E-state index in [1.165, 1.54) is 27.8 Å². The van der Waals surface area contributed by atoms with Gasteiger partial charge in [-0.3, -0.25) is 0 Å². The molecule has 1 aromatic carbocycles. The van der Waals surface area contributed by atoms with Gasteiger partial charge in [0.25, 0.3) is 0 Å². The number of hydrogen-bond acceptors (Lipinski definition) is 0. The third-order valence-electron chi connectivity index (χ3n) is 3.40. The van der Waals surface area contributed by atoms with Crippen LogP contribution in [0.1, 0.15) is 43.9 Å². The number of benzene rings is 1. The summed E-state index contributed by atoms with van der Waals surface area (Å²) in [5.41, 5.74) is 7.14. The summed E-state index contributed by atoms with van der Waals surface area (Å²) >= 11 is 0. The second-order valence-electron chi connectivity index (χ2n) is 4.59. The molecule has 0 unspecified atom stereocenters. The monoisotopic (exact) mass is 224 g/mol. The van der Waals surface area contributed by atoms with E-state index in [1.807, 2.05) is 0 Å². The number of hydrogen-bond donors (Lipinski definition) is 0. The van der Waals surface area contributed by atoms with Crippen molar-refractivity contribution in [3.8, 4) is 0 Å². The lowest BCUT2D eigenvalue weighted by Gasteiger charge is -2.14. The van der Waals surface area contributed by atoms with E-state index in [2.05, 4.69) is 63.3 Å². The molecular weight excluding hydrogens is 204 g/mol. The summed E-state index contributed by atoms with van der Waals surface area (Å²) in [6.07, 6.45) is 11.0. The van der Waals surface area contributed by atoms with Crippen LogP contribution in [0.4, 0.5) is 0 Å². The highest BCUT2D eigenvalue weighted by Gasteiger charge is 2.11. The largest absolute Gasteiger partial charge is 0.0838 e. The summed E-state index contributed by atoms with van der Waals surface area (Å²) in [7, 11) is 0. The lowest BCUT2D eigenvalue weighted by atomic mass is 9.91. The summed E-state index contributed by atoms with van der Waals surface area (Å²) in [4.78, 5) is 0. The molecule has 17 heavy (non-hydrogen) atoms. The van der Waals surface area contributed by atoms with Crippen LogP contribution in [0, 0.1) is 0 Å². The van der Waals surface area contributed by atoms with E-state index in [0.717, 1.165) is 12.8 Å². The van der Waals surface area contributed by atoms with Crippen molar-refractivity contribution >= 4 is 11.6 Å². The molecule has 0 fully saturated rings. The van der Waals surface area contributed by atoms with Crippen LogP contribution in [-0.4, -0.2) is 0 Å². The zero-order valence-electron chi connectivity index (χ0n) is 11.0. The molecule has 1 aliphatic carbocycles. The molecule has 0 aliphatic heterocycles. The molecule has 0 nitrogen and oxygen atoms in total. The molecule has 1 aliphatic rings. The van der Waals surface area contributed by atoms with E-state index in [4.69, 9.17) is 0 Å². The molecule has 1 aromatic rings. The fourth-order valence-electron chi connectivity index (χ4n) is 2.46. The van der Waals surface area contributed by atoms with Gasteiger partial charge in [0.2, 0.25) is 0 Å². The van der Waals surface area contributed by atoms with E-state index in [1.54, 1.807) is 0 Å². The minimum absolute atomic E-state index is 1.07. The van der Waals surface area contributed by atoms with Crippen molar-refractivity contribution in [2.24, 2.45) is 0 Å². The average molecular weight is 224 g/mol. The average Bonchev–Trinajstić information content (AvgIpc) is 2.52. The van der Waals surface area contributed by atoms with Crippen molar-refractivity contribution in [1.82, 2.24) is 0 Å². The highest BCUT2D eigenvalue weighted by Crippen LogP contribution is 2.29. The van der Waals surface area contributed by atoms with E-state index >= 15 is 0 Å². The van der Waals surface area contributed by atoms with Gasteiger partial charge in [-0.25, -0.2) is 0 Å². The maximum atomic E-state index is 2.25. The van der Waals surface area contributed by atoms with Crippen LogP contribution >= 0.6 is 0 Å². The Kier molecular flexibility index (Phi) is 3.63. The van der Waals surface area contributed by atoms with Crippen LogP contribution in [-0.2, 0) is 6.42 Å². The Hall–Kier alpha value is -1.56. The molecule has 0 N–H and O–H groups in total. The van der Waals surface area contributed by atoms with Gasteiger partial charge >= 0.3 is 0 Å². The van der Waals surface area contributed by atoms with Crippen LogP contribution in [0.5, 0.6) is 0 Å². The van der Waals surface area contributed by atoms with Gasteiger partial charge in [-0.1, -0.05) is 55.0 Å². The first-order valence-electron chi connectivity index (χ1n) is 6.37. The predicted octanol–water partition coefficient (Wildman–Crippen LogP) is 5.02. The lowest BCUT2D eigenvalue weighted by molar-refractivity contribution is 1.12. The van der Waals surface area contributed by atoms with Gasteiger partial charge < -0.3 is 0 Å². The molecule has 0 amide bonds. The zero-order valence-corrected chi connectivity index (χ0v) is 11.0. The summed E-state index contributed by atoms with van der Waals surface area (Å²) in [6.45, 7) is 6.56. The normalized spacial score (nSPS) is 15.2. The highest BCUT2D eigenvalue weighted by atomic mass is 14.2. The van der Waals surface area contributed by atoms with Gasteiger partial charge in [0, 0.05) is 0 Å². The standard InChI is InChI=1S/C17H20/c1-4-14(5-2)16-11-7-10-15-9-6-8-13(3)12-17(15)16/h4,6-11H,5,12H2,1-3H3. The van der Waals surface area contributed by atoms with Crippen LogP contribution in [0.15, 0.2) is 42.0 Å². The third kappa shape index (κ3) is 2.41. The van der Waals surface area contributed by atoms with Gasteiger partial charge in [0.15, 0.2) is 0 Å². The van der Waals surface area contributed by atoms with Crippen LogP contribution in [0.3, 0.4) is 0 Å². The molecular formula is C17H20. The molecule has 0 radical (unpaired) electrons. The molecule has 0 heterocycles. The molecule has 0 aromatic heterocycles. The van der Waals surface area contributed by atoms with Gasteiger partial charge in [-0.2, -0.15) is 0 Å². The molecule has 0 spiro atoms. The molecule has 0 bridgehead atoms. The molecule has 0 heteroatoms. The molecule has 88 valence electrons. The topological polar surface area (TPSA) is 0 Å². The zero-order chi connectivity index (χ0) is 12.3. The van der Waals surface area contributed by atoms with Crippen LogP contribution in [0.2, 0.25) is 0 Å². The van der Waals surface area contributed by atoms with E-state index in [0.29, 0.717) is 0 Å². The van der Waals surface area contributed by atoms with Gasteiger partial charge in [-0.15, -0.1) is 0 Å². The van der Waals surface area contributed by atoms with Crippen molar-refractivity contribution in [1.29, 1.82) is 0 Å². The molecule has 0 atom stereocenters. The first kappa shape index (κ1) is 11.9. The second-order valence-corrected chi connectivity index (χ2v) is 4.59. The Morgan fingerprint density at radius 2 is 2.18 bits per heavy atom. The summed E-state index contributed by atoms with van der Waals surface area (Å²) in [5.74, 6) is 0. The summed E-state index contributed by atoms with van der Waals surface area (Å²) < 4.78 is 0. The minimum Gasteiger partial charge on any atom is -0.0838 e. The molecule has 2 rings (SSSR count). The van der Waals surface area contributed by atoms with Gasteiger partial charge in [0.05, 0.1) is 0 Å². The fraction of sp³-hybridized carbons (Fsp3) is 0.294. The molecule has 0 saturated carbocycles. The SMILES string of the molecule is CC=C(CC)c1cccc2c1CC(C)=CC=C2. The van der Waals surface area contributed by atoms with Gasteiger partial charge in [-0.05, 0) is 49.0 Å².